The molecule has 0 aliphatic carbocycles. The van der Waals surface area contributed by atoms with Gasteiger partial charge in [0.05, 0.1) is 0 Å². The predicted molar refractivity (Wildman–Crippen MR) is 67.6 cm³/mol. The molecule has 0 fully saturated rings. The van der Waals surface area contributed by atoms with E-state index in [0.29, 0.717) is 0 Å². The van der Waals surface area contributed by atoms with Crippen LogP contribution in [0.15, 0.2) is 24.3 Å². The number of hydrogen-bond acceptors (Lipinski definition) is 2. The first-order chi connectivity index (χ1) is 6.82. The molecule has 0 saturated carbocycles. The van der Waals surface area contributed by atoms with Crippen LogP contribution < -0.4 is 0 Å². The monoisotopic (exact) mass is 222 g/mol. The van der Waals surface area contributed by atoms with E-state index in [1.807, 2.05) is 52.0 Å². The zero-order valence-electron chi connectivity index (χ0n) is 9.74. The fraction of sp³-hybridized carbons (Fsp3) is 0.462. The first kappa shape index (κ1) is 12.3. The highest BCUT2D eigenvalue weighted by molar-refractivity contribution is 7.80. The SMILES string of the molecule is CC(S)c1ccc(C(=O)C(C)(C)C)cc1. The highest BCUT2D eigenvalue weighted by Gasteiger charge is 2.22. The van der Waals surface area contributed by atoms with Crippen LogP contribution in [0, 0.1) is 5.41 Å². The van der Waals surface area contributed by atoms with Gasteiger partial charge in [0.1, 0.15) is 0 Å². The predicted octanol–water partition coefficient (Wildman–Crippen LogP) is 3.91. The summed E-state index contributed by atoms with van der Waals surface area (Å²) in [5, 5.41) is 0.212. The van der Waals surface area contributed by atoms with Crippen molar-refractivity contribution in [3.8, 4) is 0 Å². The lowest BCUT2D eigenvalue weighted by Crippen LogP contribution is -2.20. The van der Waals surface area contributed by atoms with E-state index in [4.69, 9.17) is 0 Å². The summed E-state index contributed by atoms with van der Waals surface area (Å²) in [5.41, 5.74) is 1.61. The summed E-state index contributed by atoms with van der Waals surface area (Å²) < 4.78 is 0. The van der Waals surface area contributed by atoms with Crippen LogP contribution in [0.1, 0.15) is 48.9 Å². The number of hydrogen-bond donors (Lipinski definition) is 1. The number of Topliss-reactive ketones (excluding diaryl/α,β-unsaturated/α-hetero) is 1. The van der Waals surface area contributed by atoms with Gasteiger partial charge in [-0.25, -0.2) is 0 Å². The van der Waals surface area contributed by atoms with E-state index in [1.165, 1.54) is 0 Å². The van der Waals surface area contributed by atoms with Gasteiger partial charge in [0.15, 0.2) is 5.78 Å². The second-order valence-corrected chi connectivity index (χ2v) is 5.65. The van der Waals surface area contributed by atoms with Crippen molar-refractivity contribution in [1.82, 2.24) is 0 Å². The maximum Gasteiger partial charge on any atom is 0.168 e. The molecule has 1 aromatic rings. The second-order valence-electron chi connectivity index (χ2n) is 4.88. The number of ketones is 1. The lowest BCUT2D eigenvalue weighted by atomic mass is 9.86. The standard InChI is InChI=1S/C13H18OS/c1-9(15)10-5-7-11(8-6-10)12(14)13(2,3)4/h5-9,15H,1-4H3. The van der Waals surface area contributed by atoms with Crippen molar-refractivity contribution in [3.63, 3.8) is 0 Å². The molecule has 0 aromatic heterocycles. The molecule has 15 heavy (non-hydrogen) atoms. The maximum absolute atomic E-state index is 11.9. The minimum absolute atomic E-state index is 0.181. The average molecular weight is 222 g/mol. The van der Waals surface area contributed by atoms with Gasteiger partial charge in [0.25, 0.3) is 0 Å². The van der Waals surface area contributed by atoms with E-state index in [0.717, 1.165) is 11.1 Å². The van der Waals surface area contributed by atoms with E-state index < -0.39 is 0 Å². The van der Waals surface area contributed by atoms with E-state index in [-0.39, 0.29) is 16.4 Å². The summed E-state index contributed by atoms with van der Waals surface area (Å²) >= 11 is 4.35. The lowest BCUT2D eigenvalue weighted by Gasteiger charge is -2.16. The molecule has 1 aromatic carbocycles. The fourth-order valence-electron chi connectivity index (χ4n) is 1.35. The fourth-order valence-corrected chi connectivity index (χ4v) is 1.52. The Morgan fingerprint density at radius 1 is 1.20 bits per heavy atom. The van der Waals surface area contributed by atoms with Gasteiger partial charge in [-0.15, -0.1) is 0 Å². The van der Waals surface area contributed by atoms with Crippen LogP contribution in [0.25, 0.3) is 0 Å². The van der Waals surface area contributed by atoms with Crippen LogP contribution in [-0.2, 0) is 0 Å². The molecule has 0 radical (unpaired) electrons. The first-order valence-electron chi connectivity index (χ1n) is 5.15. The van der Waals surface area contributed by atoms with Gasteiger partial charge in [-0.05, 0) is 12.5 Å². The van der Waals surface area contributed by atoms with E-state index in [1.54, 1.807) is 0 Å². The van der Waals surface area contributed by atoms with Gasteiger partial charge in [0, 0.05) is 16.2 Å². The number of benzene rings is 1. The van der Waals surface area contributed by atoms with Crippen LogP contribution in [0.4, 0.5) is 0 Å². The molecule has 1 unspecified atom stereocenters. The van der Waals surface area contributed by atoms with Crippen LogP contribution in [0.3, 0.4) is 0 Å². The van der Waals surface area contributed by atoms with Crippen molar-refractivity contribution >= 4 is 18.4 Å². The molecule has 0 aliphatic rings. The minimum atomic E-state index is -0.311. The van der Waals surface area contributed by atoms with Crippen molar-refractivity contribution in [2.45, 2.75) is 32.9 Å². The number of carbonyl (C=O) groups is 1. The van der Waals surface area contributed by atoms with E-state index in [2.05, 4.69) is 12.6 Å². The molecule has 1 rings (SSSR count). The molecule has 0 N–H and O–H groups in total. The summed E-state index contributed by atoms with van der Waals surface area (Å²) in [6.45, 7) is 7.82. The second kappa shape index (κ2) is 4.40. The van der Waals surface area contributed by atoms with Crippen molar-refractivity contribution in [1.29, 1.82) is 0 Å². The summed E-state index contributed by atoms with van der Waals surface area (Å²) in [6.07, 6.45) is 0. The molecule has 1 nitrogen and oxygen atoms in total. The van der Waals surface area contributed by atoms with Crippen molar-refractivity contribution < 1.29 is 4.79 Å². The van der Waals surface area contributed by atoms with Gasteiger partial charge in [0.2, 0.25) is 0 Å². The summed E-state index contributed by atoms with van der Waals surface area (Å²) in [4.78, 5) is 11.9. The normalized spacial score (nSPS) is 13.7. The van der Waals surface area contributed by atoms with Crippen LogP contribution >= 0.6 is 12.6 Å². The summed E-state index contributed by atoms with van der Waals surface area (Å²) in [6, 6.07) is 7.71. The largest absolute Gasteiger partial charge is 0.294 e. The highest BCUT2D eigenvalue weighted by Crippen LogP contribution is 2.23. The first-order valence-corrected chi connectivity index (χ1v) is 5.67. The third-order valence-electron chi connectivity index (χ3n) is 2.34. The van der Waals surface area contributed by atoms with Crippen LogP contribution in [-0.4, -0.2) is 5.78 Å². The topological polar surface area (TPSA) is 17.1 Å². The highest BCUT2D eigenvalue weighted by atomic mass is 32.1. The lowest BCUT2D eigenvalue weighted by molar-refractivity contribution is 0.0858. The Morgan fingerprint density at radius 2 is 1.67 bits per heavy atom. The molecule has 0 saturated heterocycles. The molecule has 0 aliphatic heterocycles. The van der Waals surface area contributed by atoms with Crippen LogP contribution in [0.5, 0.6) is 0 Å². The smallest absolute Gasteiger partial charge is 0.168 e. The molecular weight excluding hydrogens is 204 g/mol. The van der Waals surface area contributed by atoms with Crippen LogP contribution in [0.2, 0.25) is 0 Å². The van der Waals surface area contributed by atoms with E-state index >= 15 is 0 Å². The Bertz CT molecular complexity index is 344. The Labute approximate surface area is 97.3 Å². The zero-order valence-corrected chi connectivity index (χ0v) is 10.6. The Balaban J connectivity index is 2.95. The molecule has 0 heterocycles. The van der Waals surface area contributed by atoms with Crippen molar-refractivity contribution in [2.24, 2.45) is 5.41 Å². The van der Waals surface area contributed by atoms with Gasteiger partial charge in [-0.3, -0.25) is 4.79 Å². The average Bonchev–Trinajstić information content (AvgIpc) is 2.15. The molecule has 0 bridgehead atoms. The molecule has 0 spiro atoms. The van der Waals surface area contributed by atoms with Gasteiger partial charge < -0.3 is 0 Å². The quantitative estimate of drug-likeness (QED) is 0.593. The van der Waals surface area contributed by atoms with Gasteiger partial charge in [-0.2, -0.15) is 12.6 Å². The molecular formula is C13H18OS. The number of carbonyl (C=O) groups excluding carboxylic acids is 1. The van der Waals surface area contributed by atoms with E-state index in [9.17, 15) is 4.79 Å². The third kappa shape index (κ3) is 3.10. The molecule has 1 atom stereocenters. The molecule has 2 heteroatoms. The number of thiol groups is 1. The molecule has 82 valence electrons. The van der Waals surface area contributed by atoms with Gasteiger partial charge in [-0.1, -0.05) is 45.0 Å². The maximum atomic E-state index is 11.9. The molecule has 0 amide bonds. The summed E-state index contributed by atoms with van der Waals surface area (Å²) in [7, 11) is 0. The Morgan fingerprint density at radius 3 is 2.00 bits per heavy atom. The minimum Gasteiger partial charge on any atom is -0.294 e. The van der Waals surface area contributed by atoms with Gasteiger partial charge >= 0.3 is 0 Å². The number of rotatable bonds is 2. The zero-order chi connectivity index (χ0) is 11.6. The summed E-state index contributed by atoms with van der Waals surface area (Å²) in [5.74, 6) is 0.181. The Kier molecular flexibility index (Phi) is 3.61. The van der Waals surface area contributed by atoms with Crippen molar-refractivity contribution in [3.05, 3.63) is 35.4 Å². The Hall–Kier alpha value is -0.760. The van der Waals surface area contributed by atoms with Crippen molar-refractivity contribution in [2.75, 3.05) is 0 Å². The third-order valence-corrected chi connectivity index (χ3v) is 2.63.